The molecular formula is C22H22FN3O5S. The highest BCUT2D eigenvalue weighted by Crippen LogP contribution is 2.23. The fraction of sp³-hybridized carbons (Fsp3) is 0.182. The quantitative estimate of drug-likeness (QED) is 0.449. The Labute approximate surface area is 185 Å². The molecule has 0 aliphatic carbocycles. The normalized spacial score (nSPS) is 11.1. The molecule has 0 aliphatic heterocycles. The molecule has 0 atom stereocenters. The van der Waals surface area contributed by atoms with Crippen molar-refractivity contribution in [2.75, 3.05) is 25.0 Å². The van der Waals surface area contributed by atoms with Crippen molar-refractivity contribution in [2.24, 2.45) is 0 Å². The third-order valence-electron chi connectivity index (χ3n) is 4.26. The highest BCUT2D eigenvalue weighted by atomic mass is 32.2. The molecule has 0 radical (unpaired) electrons. The number of aromatic nitrogens is 1. The summed E-state index contributed by atoms with van der Waals surface area (Å²) < 4.78 is 50.7. The number of sulfonamides is 1. The molecule has 0 aliphatic rings. The standard InChI is InChI=1S/C22H22FN3O5S/c1-30-14-2-13-24-22(27)16-3-12-21(25-15-16)31-19-8-6-18(7-9-19)26-32(28,29)20-10-4-17(23)5-11-20/h3-12,15,26H,2,13-14H2,1H3,(H,24,27). The van der Waals surface area contributed by atoms with Crippen molar-refractivity contribution in [1.29, 1.82) is 0 Å². The molecule has 3 rings (SSSR count). The maximum Gasteiger partial charge on any atom is 0.261 e. The molecule has 0 saturated heterocycles. The number of carbonyl (C=O) groups excluding carboxylic acids is 1. The van der Waals surface area contributed by atoms with Crippen LogP contribution in [0.1, 0.15) is 16.8 Å². The first-order chi connectivity index (χ1) is 15.4. The Hall–Kier alpha value is -3.50. The van der Waals surface area contributed by atoms with Crippen LogP contribution in [-0.2, 0) is 14.8 Å². The largest absolute Gasteiger partial charge is 0.439 e. The molecule has 0 bridgehead atoms. The highest BCUT2D eigenvalue weighted by molar-refractivity contribution is 7.92. The zero-order valence-electron chi connectivity index (χ0n) is 17.2. The van der Waals surface area contributed by atoms with Gasteiger partial charge in [0.2, 0.25) is 5.88 Å². The summed E-state index contributed by atoms with van der Waals surface area (Å²) >= 11 is 0. The molecule has 10 heteroatoms. The van der Waals surface area contributed by atoms with Crippen molar-refractivity contribution in [3.63, 3.8) is 0 Å². The van der Waals surface area contributed by atoms with E-state index in [1.54, 1.807) is 31.4 Å². The Balaban J connectivity index is 1.57. The number of amides is 1. The van der Waals surface area contributed by atoms with Gasteiger partial charge in [-0.1, -0.05) is 0 Å². The Morgan fingerprint density at radius 1 is 1.03 bits per heavy atom. The number of hydrogen-bond acceptors (Lipinski definition) is 6. The molecule has 168 valence electrons. The third kappa shape index (κ3) is 6.50. The number of ether oxygens (including phenoxy) is 2. The van der Waals surface area contributed by atoms with E-state index in [2.05, 4.69) is 15.0 Å². The zero-order valence-corrected chi connectivity index (χ0v) is 18.1. The van der Waals surface area contributed by atoms with Crippen molar-refractivity contribution >= 4 is 21.6 Å². The summed E-state index contributed by atoms with van der Waals surface area (Å²) in [6.07, 6.45) is 2.12. The van der Waals surface area contributed by atoms with E-state index in [0.29, 0.717) is 36.6 Å². The van der Waals surface area contributed by atoms with Crippen LogP contribution in [0, 0.1) is 5.82 Å². The molecule has 3 aromatic rings. The van der Waals surface area contributed by atoms with Crippen molar-refractivity contribution in [3.8, 4) is 11.6 Å². The molecule has 0 fully saturated rings. The van der Waals surface area contributed by atoms with E-state index < -0.39 is 15.8 Å². The maximum absolute atomic E-state index is 13.0. The second-order valence-electron chi connectivity index (χ2n) is 6.67. The molecule has 8 nitrogen and oxygen atoms in total. The van der Waals surface area contributed by atoms with Gasteiger partial charge in [-0.05, 0) is 61.0 Å². The minimum absolute atomic E-state index is 0.0498. The van der Waals surface area contributed by atoms with E-state index in [-0.39, 0.29) is 16.7 Å². The van der Waals surface area contributed by atoms with Crippen LogP contribution in [0.5, 0.6) is 11.6 Å². The van der Waals surface area contributed by atoms with Crippen LogP contribution in [0.15, 0.2) is 71.8 Å². The van der Waals surface area contributed by atoms with Gasteiger partial charge in [0.25, 0.3) is 15.9 Å². The summed E-state index contributed by atoms with van der Waals surface area (Å²) in [6.45, 7) is 1.07. The molecule has 0 saturated carbocycles. The first-order valence-corrected chi connectivity index (χ1v) is 11.2. The summed E-state index contributed by atoms with van der Waals surface area (Å²) in [5.74, 6) is -0.0488. The van der Waals surface area contributed by atoms with Crippen molar-refractivity contribution in [1.82, 2.24) is 10.3 Å². The van der Waals surface area contributed by atoms with Gasteiger partial charge in [-0.2, -0.15) is 0 Å². The van der Waals surface area contributed by atoms with Gasteiger partial charge in [-0.25, -0.2) is 17.8 Å². The van der Waals surface area contributed by atoms with Gasteiger partial charge in [0, 0.05) is 38.2 Å². The first-order valence-electron chi connectivity index (χ1n) is 9.67. The van der Waals surface area contributed by atoms with E-state index >= 15 is 0 Å². The Bertz CT molecular complexity index is 1140. The lowest BCUT2D eigenvalue weighted by Gasteiger charge is -2.10. The van der Waals surface area contributed by atoms with Crippen LogP contribution >= 0.6 is 0 Å². The van der Waals surface area contributed by atoms with Crippen LogP contribution in [0.2, 0.25) is 0 Å². The second kappa shape index (κ2) is 10.7. The summed E-state index contributed by atoms with van der Waals surface area (Å²) in [5, 5.41) is 2.77. The molecule has 0 spiro atoms. The number of anilines is 1. The van der Waals surface area contributed by atoms with E-state index in [4.69, 9.17) is 9.47 Å². The molecule has 2 N–H and O–H groups in total. The zero-order chi connectivity index (χ0) is 23.0. The van der Waals surface area contributed by atoms with Crippen LogP contribution in [0.25, 0.3) is 0 Å². The molecule has 32 heavy (non-hydrogen) atoms. The number of methoxy groups -OCH3 is 1. The smallest absolute Gasteiger partial charge is 0.261 e. The number of carbonyl (C=O) groups is 1. The van der Waals surface area contributed by atoms with E-state index in [1.807, 2.05) is 0 Å². The lowest BCUT2D eigenvalue weighted by atomic mass is 10.2. The Morgan fingerprint density at radius 3 is 2.38 bits per heavy atom. The fourth-order valence-electron chi connectivity index (χ4n) is 2.64. The fourth-order valence-corrected chi connectivity index (χ4v) is 3.69. The van der Waals surface area contributed by atoms with Crippen molar-refractivity contribution < 1.29 is 27.1 Å². The highest BCUT2D eigenvalue weighted by Gasteiger charge is 2.14. The molecule has 1 amide bonds. The number of rotatable bonds is 10. The minimum Gasteiger partial charge on any atom is -0.439 e. The number of pyridine rings is 1. The molecule has 1 aromatic heterocycles. The number of nitrogens with one attached hydrogen (secondary N) is 2. The lowest BCUT2D eigenvalue weighted by Crippen LogP contribution is -2.25. The van der Waals surface area contributed by atoms with Crippen LogP contribution in [0.4, 0.5) is 10.1 Å². The summed E-state index contributed by atoms with van der Waals surface area (Å²) in [6, 6.07) is 13.9. The van der Waals surface area contributed by atoms with Gasteiger partial charge >= 0.3 is 0 Å². The Morgan fingerprint density at radius 2 is 1.75 bits per heavy atom. The second-order valence-corrected chi connectivity index (χ2v) is 8.36. The number of hydrogen-bond donors (Lipinski definition) is 2. The average molecular weight is 459 g/mol. The van der Waals surface area contributed by atoms with Crippen molar-refractivity contribution in [3.05, 3.63) is 78.2 Å². The SMILES string of the molecule is COCCCNC(=O)c1ccc(Oc2ccc(NS(=O)(=O)c3ccc(F)cc3)cc2)nc1. The van der Waals surface area contributed by atoms with Crippen LogP contribution < -0.4 is 14.8 Å². The van der Waals surface area contributed by atoms with Crippen LogP contribution in [0.3, 0.4) is 0 Å². The first kappa shape index (κ1) is 23.2. The Kier molecular flexibility index (Phi) is 7.74. The van der Waals surface area contributed by atoms with Gasteiger partial charge in [0.1, 0.15) is 11.6 Å². The monoisotopic (exact) mass is 459 g/mol. The van der Waals surface area contributed by atoms with E-state index in [9.17, 15) is 17.6 Å². The minimum atomic E-state index is -3.84. The maximum atomic E-state index is 13.0. The molecule has 0 unspecified atom stereocenters. The number of nitrogens with zero attached hydrogens (tertiary/aromatic N) is 1. The third-order valence-corrected chi connectivity index (χ3v) is 5.66. The lowest BCUT2D eigenvalue weighted by molar-refractivity contribution is 0.0948. The van der Waals surface area contributed by atoms with Crippen LogP contribution in [-0.4, -0.2) is 39.6 Å². The van der Waals surface area contributed by atoms with Crippen molar-refractivity contribution in [2.45, 2.75) is 11.3 Å². The summed E-state index contributed by atoms with van der Waals surface area (Å²) in [7, 11) is -2.24. The van der Waals surface area contributed by atoms with E-state index in [1.165, 1.54) is 30.5 Å². The molecular weight excluding hydrogens is 437 g/mol. The predicted molar refractivity (Wildman–Crippen MR) is 117 cm³/mol. The summed E-state index contributed by atoms with van der Waals surface area (Å²) in [4.78, 5) is 16.1. The van der Waals surface area contributed by atoms with Gasteiger partial charge in [-0.15, -0.1) is 0 Å². The van der Waals surface area contributed by atoms with Gasteiger partial charge < -0.3 is 14.8 Å². The summed E-state index contributed by atoms with van der Waals surface area (Å²) in [5.41, 5.74) is 0.718. The predicted octanol–water partition coefficient (Wildman–Crippen LogP) is 3.58. The average Bonchev–Trinajstić information content (AvgIpc) is 2.78. The molecule has 1 heterocycles. The van der Waals surface area contributed by atoms with Gasteiger partial charge in [-0.3, -0.25) is 9.52 Å². The molecule has 2 aromatic carbocycles. The van der Waals surface area contributed by atoms with Gasteiger partial charge in [0.05, 0.1) is 10.5 Å². The van der Waals surface area contributed by atoms with Gasteiger partial charge in [0.15, 0.2) is 0 Å². The number of benzene rings is 2. The topological polar surface area (TPSA) is 107 Å². The van der Waals surface area contributed by atoms with E-state index in [0.717, 1.165) is 12.1 Å². The number of halogens is 1.